The molecule has 0 radical (unpaired) electrons. The molecule has 1 fully saturated rings. The topological polar surface area (TPSA) is 117 Å². The maximum atomic E-state index is 11.6. The molecule has 10 nitrogen and oxygen atoms in total. The van der Waals surface area contributed by atoms with Crippen LogP contribution in [-0.4, -0.2) is 50.5 Å². The summed E-state index contributed by atoms with van der Waals surface area (Å²) < 4.78 is 15.4. The van der Waals surface area contributed by atoms with Gasteiger partial charge < -0.3 is 23.6 Å². The van der Waals surface area contributed by atoms with E-state index in [1.807, 2.05) is 4.90 Å². The molecule has 3 rings (SSSR count). The average molecular weight is 403 g/mol. The van der Waals surface area contributed by atoms with Gasteiger partial charge in [-0.05, 0) is 19.1 Å². The van der Waals surface area contributed by atoms with Crippen LogP contribution in [0.3, 0.4) is 0 Å². The minimum atomic E-state index is -0.492. The van der Waals surface area contributed by atoms with Crippen molar-refractivity contribution in [2.45, 2.75) is 13.5 Å². The van der Waals surface area contributed by atoms with E-state index in [0.29, 0.717) is 54.6 Å². The van der Waals surface area contributed by atoms with Crippen molar-refractivity contribution in [3.05, 3.63) is 57.0 Å². The first-order chi connectivity index (χ1) is 14.0. The van der Waals surface area contributed by atoms with E-state index in [1.165, 1.54) is 25.5 Å². The van der Waals surface area contributed by atoms with Gasteiger partial charge in [0.2, 0.25) is 0 Å². The molecule has 1 saturated heterocycles. The monoisotopic (exact) mass is 403 g/mol. The van der Waals surface area contributed by atoms with Crippen molar-refractivity contribution in [3.8, 4) is 0 Å². The van der Waals surface area contributed by atoms with E-state index in [-0.39, 0.29) is 12.3 Å². The molecule has 0 N–H and O–H groups in total. The summed E-state index contributed by atoms with van der Waals surface area (Å²) in [5, 5.41) is 15.3. The van der Waals surface area contributed by atoms with Gasteiger partial charge in [-0.15, -0.1) is 0 Å². The Morgan fingerprint density at radius 2 is 2.10 bits per heavy atom. The normalized spacial score (nSPS) is 14.2. The van der Waals surface area contributed by atoms with Gasteiger partial charge in [-0.3, -0.25) is 10.1 Å². The molecular weight excluding hydrogens is 382 g/mol. The van der Waals surface area contributed by atoms with Crippen LogP contribution in [0.5, 0.6) is 0 Å². The van der Waals surface area contributed by atoms with Gasteiger partial charge in [0, 0.05) is 24.7 Å². The molecule has 0 spiro atoms. The largest absolute Gasteiger partial charge is 0.465 e. The van der Waals surface area contributed by atoms with Crippen molar-refractivity contribution in [1.82, 2.24) is 0 Å². The van der Waals surface area contributed by atoms with Crippen molar-refractivity contribution in [1.29, 1.82) is 0 Å². The Morgan fingerprint density at radius 1 is 1.34 bits per heavy atom. The zero-order chi connectivity index (χ0) is 20.8. The number of esters is 1. The van der Waals surface area contributed by atoms with Gasteiger partial charge in [-0.2, -0.15) is 0 Å². The molecule has 0 amide bonds. The van der Waals surface area contributed by atoms with Crippen molar-refractivity contribution >= 4 is 23.6 Å². The van der Waals surface area contributed by atoms with Gasteiger partial charge in [0.05, 0.1) is 31.5 Å². The molecule has 1 aromatic heterocycles. The first kappa shape index (κ1) is 20.3. The van der Waals surface area contributed by atoms with Gasteiger partial charge in [0.25, 0.3) is 5.69 Å². The van der Waals surface area contributed by atoms with Gasteiger partial charge in [-0.25, -0.2) is 4.79 Å². The van der Waals surface area contributed by atoms with Gasteiger partial charge >= 0.3 is 5.97 Å². The first-order valence-electron chi connectivity index (χ1n) is 8.93. The van der Waals surface area contributed by atoms with E-state index < -0.39 is 10.9 Å². The van der Waals surface area contributed by atoms with E-state index in [1.54, 1.807) is 19.1 Å². The number of furan rings is 1. The van der Waals surface area contributed by atoms with Crippen molar-refractivity contribution in [2.24, 2.45) is 5.16 Å². The molecule has 2 heterocycles. The Balaban J connectivity index is 1.65. The summed E-state index contributed by atoms with van der Waals surface area (Å²) in [6.45, 7) is 3.94. The Bertz CT molecular complexity index is 917. The summed E-state index contributed by atoms with van der Waals surface area (Å²) in [5.74, 6) is 0.344. The van der Waals surface area contributed by atoms with E-state index in [0.717, 1.165) is 0 Å². The summed E-state index contributed by atoms with van der Waals surface area (Å²) in [5.41, 5.74) is 1.40. The third kappa shape index (κ3) is 4.91. The number of rotatable bonds is 7. The number of hydrogen-bond donors (Lipinski definition) is 0. The summed E-state index contributed by atoms with van der Waals surface area (Å²) >= 11 is 0. The maximum Gasteiger partial charge on any atom is 0.341 e. The molecule has 1 aromatic carbocycles. The second-order valence-corrected chi connectivity index (χ2v) is 6.29. The summed E-state index contributed by atoms with van der Waals surface area (Å²) in [4.78, 5) is 29.7. The molecule has 0 aliphatic carbocycles. The number of carbonyl (C=O) groups excluding carboxylic acids is 1. The Hall–Kier alpha value is -3.40. The predicted octanol–water partition coefficient (Wildman–Crippen LogP) is 2.67. The fourth-order valence-electron chi connectivity index (χ4n) is 2.97. The third-order valence-corrected chi connectivity index (χ3v) is 4.41. The minimum Gasteiger partial charge on any atom is -0.465 e. The number of aryl methyl sites for hydroxylation is 1. The lowest BCUT2D eigenvalue weighted by molar-refractivity contribution is -0.384. The van der Waals surface area contributed by atoms with Crippen LogP contribution in [0.25, 0.3) is 0 Å². The number of ether oxygens (including phenoxy) is 2. The van der Waals surface area contributed by atoms with Gasteiger partial charge in [0.15, 0.2) is 6.61 Å². The molecular formula is C19H21N3O7. The lowest BCUT2D eigenvalue weighted by Crippen LogP contribution is -2.36. The third-order valence-electron chi connectivity index (χ3n) is 4.41. The number of hydrogen-bond acceptors (Lipinski definition) is 9. The smallest absolute Gasteiger partial charge is 0.341 e. The highest BCUT2D eigenvalue weighted by atomic mass is 16.6. The number of carbonyl (C=O) groups is 1. The SMILES string of the molecule is COC(=O)c1cc(CO/N=C\c2ccc(N3CCOCC3)c([N+](=O)[O-])c2)oc1C. The highest BCUT2D eigenvalue weighted by molar-refractivity contribution is 5.90. The molecule has 2 aromatic rings. The Morgan fingerprint density at radius 3 is 2.79 bits per heavy atom. The van der Waals surface area contributed by atoms with Crippen LogP contribution in [0.2, 0.25) is 0 Å². The Labute approximate surface area is 166 Å². The zero-order valence-electron chi connectivity index (χ0n) is 16.1. The van der Waals surface area contributed by atoms with Crippen LogP contribution in [0.15, 0.2) is 33.8 Å². The van der Waals surface area contributed by atoms with E-state index in [4.69, 9.17) is 14.0 Å². The standard InChI is InChI=1S/C19H21N3O7/c1-13-16(19(23)26-2)10-15(29-13)12-28-20-11-14-3-4-17(18(9-14)22(24)25)21-5-7-27-8-6-21/h3-4,9-11H,5-8,12H2,1-2H3/b20-11-. The average Bonchev–Trinajstić information content (AvgIpc) is 3.11. The molecule has 154 valence electrons. The number of morpholine rings is 1. The maximum absolute atomic E-state index is 11.6. The highest BCUT2D eigenvalue weighted by Crippen LogP contribution is 2.29. The number of nitrogens with zero attached hydrogens (tertiary/aromatic N) is 3. The quantitative estimate of drug-likeness (QED) is 0.300. The molecule has 1 aliphatic rings. The van der Waals surface area contributed by atoms with Gasteiger partial charge in [-0.1, -0.05) is 11.2 Å². The molecule has 0 saturated carbocycles. The van der Waals surface area contributed by atoms with Crippen molar-refractivity contribution in [3.63, 3.8) is 0 Å². The van der Waals surface area contributed by atoms with Crippen LogP contribution >= 0.6 is 0 Å². The van der Waals surface area contributed by atoms with Crippen LogP contribution in [0, 0.1) is 17.0 Å². The van der Waals surface area contributed by atoms with Crippen molar-refractivity contribution in [2.75, 3.05) is 38.3 Å². The molecule has 0 bridgehead atoms. The number of nitro benzene ring substituents is 1. The molecule has 0 unspecified atom stereocenters. The summed E-state index contributed by atoms with van der Waals surface area (Å²) in [6, 6.07) is 6.41. The lowest BCUT2D eigenvalue weighted by Gasteiger charge is -2.28. The van der Waals surface area contributed by atoms with Gasteiger partial charge in [0.1, 0.15) is 22.8 Å². The summed E-state index contributed by atoms with van der Waals surface area (Å²) in [6.07, 6.45) is 1.38. The molecule has 1 aliphatic heterocycles. The Kier molecular flexibility index (Phi) is 6.45. The fourth-order valence-corrected chi connectivity index (χ4v) is 2.97. The molecule has 29 heavy (non-hydrogen) atoms. The highest BCUT2D eigenvalue weighted by Gasteiger charge is 2.21. The number of oxime groups is 1. The number of methoxy groups -OCH3 is 1. The van der Waals surface area contributed by atoms with Crippen LogP contribution in [0.1, 0.15) is 27.4 Å². The number of nitro groups is 1. The minimum absolute atomic E-state index is 0.000212. The first-order valence-corrected chi connectivity index (χ1v) is 8.93. The fraction of sp³-hybridized carbons (Fsp3) is 0.368. The second-order valence-electron chi connectivity index (χ2n) is 6.29. The number of benzene rings is 1. The molecule has 10 heteroatoms. The molecule has 0 atom stereocenters. The van der Waals surface area contributed by atoms with Crippen LogP contribution in [0.4, 0.5) is 11.4 Å². The van der Waals surface area contributed by atoms with Crippen molar-refractivity contribution < 1.29 is 28.4 Å². The predicted molar refractivity (Wildman–Crippen MR) is 103 cm³/mol. The summed E-state index contributed by atoms with van der Waals surface area (Å²) in [7, 11) is 1.29. The lowest BCUT2D eigenvalue weighted by atomic mass is 10.1. The van der Waals surface area contributed by atoms with E-state index in [9.17, 15) is 14.9 Å². The zero-order valence-corrected chi connectivity index (χ0v) is 16.1. The van der Waals surface area contributed by atoms with Crippen LogP contribution in [-0.2, 0) is 20.9 Å². The van der Waals surface area contributed by atoms with E-state index >= 15 is 0 Å². The number of anilines is 1. The second kappa shape index (κ2) is 9.20. The van der Waals surface area contributed by atoms with E-state index in [2.05, 4.69) is 9.89 Å². The van der Waals surface area contributed by atoms with Crippen LogP contribution < -0.4 is 4.90 Å².